The smallest absolute Gasteiger partial charge is 0.341 e. The highest BCUT2D eigenvalue weighted by Gasteiger charge is 2.30. The normalized spacial score (nSPS) is 11.3. The zero-order valence-electron chi connectivity index (χ0n) is 24.4. The van der Waals surface area contributed by atoms with Gasteiger partial charge in [-0.1, -0.05) is 54.6 Å². The van der Waals surface area contributed by atoms with Gasteiger partial charge in [-0.05, 0) is 67.4 Å². The molecule has 0 saturated heterocycles. The summed E-state index contributed by atoms with van der Waals surface area (Å²) in [4.78, 5) is 53.8. The van der Waals surface area contributed by atoms with Crippen molar-refractivity contribution in [2.24, 2.45) is 0 Å². The third-order valence-corrected chi connectivity index (χ3v) is 8.99. The molecule has 1 unspecified atom stereocenters. The fraction of sp³-hybridized carbons (Fsp3) is 0.118. The first kappa shape index (κ1) is 31.3. The van der Waals surface area contributed by atoms with E-state index in [2.05, 4.69) is 16.0 Å². The van der Waals surface area contributed by atoms with Crippen LogP contribution in [0.4, 0.5) is 16.4 Å². The quantitative estimate of drug-likeness (QED) is 0.0994. The molecular weight excluding hydrogens is 611 g/mol. The summed E-state index contributed by atoms with van der Waals surface area (Å²) in [6, 6.07) is 28.5. The van der Waals surface area contributed by atoms with Gasteiger partial charge in [-0.2, -0.15) is 0 Å². The molecule has 0 aliphatic rings. The Morgan fingerprint density at radius 3 is 2.20 bits per heavy atom. The summed E-state index contributed by atoms with van der Waals surface area (Å²) in [6.07, 6.45) is 1.42. The fourth-order valence-electron chi connectivity index (χ4n) is 4.44. The number of hydrogen-bond acceptors (Lipinski definition) is 8. The maximum Gasteiger partial charge on any atom is 0.341 e. The summed E-state index contributed by atoms with van der Waals surface area (Å²) < 4.78 is 10.5. The summed E-state index contributed by atoms with van der Waals surface area (Å²) in [6.45, 7) is 3.47. The predicted molar refractivity (Wildman–Crippen MR) is 176 cm³/mol. The standard InChI is InChI=1S/C34H29N3O6S2/c1-3-42-34(41)27-21(2)28(31(39)35-23-14-8-5-9-15-23)45-33(27)37-32(40)29(22-12-6-4-7-13-22)44-25-17-10-16-24(20-25)36-30(38)26-18-11-19-43-26/h4-20,29H,3H2,1-2H3,(H,35,39)(H,36,38)(H,37,40). The third kappa shape index (κ3) is 7.69. The van der Waals surface area contributed by atoms with Crippen LogP contribution in [0.3, 0.4) is 0 Å². The summed E-state index contributed by atoms with van der Waals surface area (Å²) in [5.74, 6) is -1.67. The predicted octanol–water partition coefficient (Wildman–Crippen LogP) is 7.80. The average molecular weight is 640 g/mol. The molecule has 0 radical (unpaired) electrons. The number of benzene rings is 3. The molecular formula is C34H29N3O6S2. The summed E-state index contributed by atoms with van der Waals surface area (Å²) in [5.41, 5.74) is 2.39. The maximum atomic E-state index is 14.0. The largest absolute Gasteiger partial charge is 0.462 e. The molecule has 3 amide bonds. The van der Waals surface area contributed by atoms with Crippen LogP contribution in [0.5, 0.6) is 0 Å². The van der Waals surface area contributed by atoms with Gasteiger partial charge in [0.2, 0.25) is 5.91 Å². The molecule has 9 nitrogen and oxygen atoms in total. The van der Waals surface area contributed by atoms with Crippen molar-refractivity contribution in [3.63, 3.8) is 0 Å². The van der Waals surface area contributed by atoms with E-state index < -0.39 is 28.9 Å². The molecule has 2 heterocycles. The van der Waals surface area contributed by atoms with Crippen molar-refractivity contribution in [2.75, 3.05) is 22.6 Å². The van der Waals surface area contributed by atoms with Gasteiger partial charge in [0.25, 0.3) is 11.8 Å². The van der Waals surface area contributed by atoms with Crippen molar-refractivity contribution >= 4 is 63.2 Å². The third-order valence-electron chi connectivity index (χ3n) is 6.53. The van der Waals surface area contributed by atoms with Crippen molar-refractivity contribution in [2.45, 2.75) is 24.0 Å². The van der Waals surface area contributed by atoms with Crippen LogP contribution in [0.25, 0.3) is 0 Å². The molecule has 0 fully saturated rings. The van der Waals surface area contributed by atoms with Crippen LogP contribution in [0.1, 0.15) is 53.9 Å². The number of esters is 1. The first-order chi connectivity index (χ1) is 21.8. The van der Waals surface area contributed by atoms with Crippen molar-refractivity contribution in [3.8, 4) is 0 Å². The van der Waals surface area contributed by atoms with Crippen LogP contribution in [-0.2, 0) is 9.53 Å². The first-order valence-electron chi connectivity index (χ1n) is 14.0. The molecule has 3 N–H and O–H groups in total. The van der Waals surface area contributed by atoms with Crippen LogP contribution in [0.15, 0.2) is 113 Å². The van der Waals surface area contributed by atoms with Crippen LogP contribution >= 0.6 is 23.1 Å². The van der Waals surface area contributed by atoms with E-state index in [-0.39, 0.29) is 27.8 Å². The molecule has 2 aromatic heterocycles. The van der Waals surface area contributed by atoms with Gasteiger partial charge in [-0.3, -0.25) is 14.4 Å². The van der Waals surface area contributed by atoms with Gasteiger partial charge in [0.1, 0.15) is 10.3 Å². The highest BCUT2D eigenvalue weighted by atomic mass is 32.2. The zero-order valence-corrected chi connectivity index (χ0v) is 26.0. The second kappa shape index (κ2) is 14.6. The van der Waals surface area contributed by atoms with Gasteiger partial charge in [-0.15, -0.1) is 23.1 Å². The van der Waals surface area contributed by atoms with Gasteiger partial charge < -0.3 is 25.1 Å². The van der Waals surface area contributed by atoms with E-state index in [1.54, 1.807) is 68.4 Å². The molecule has 228 valence electrons. The zero-order chi connectivity index (χ0) is 31.8. The van der Waals surface area contributed by atoms with Gasteiger partial charge in [0.15, 0.2) is 5.76 Å². The molecule has 5 aromatic rings. The topological polar surface area (TPSA) is 127 Å². The summed E-state index contributed by atoms with van der Waals surface area (Å²) in [5, 5.41) is 8.02. The number of rotatable bonds is 11. The first-order valence-corrected chi connectivity index (χ1v) is 15.7. The van der Waals surface area contributed by atoms with Crippen molar-refractivity contribution < 1.29 is 28.3 Å². The van der Waals surface area contributed by atoms with Gasteiger partial charge in [0, 0.05) is 16.3 Å². The SMILES string of the molecule is CCOC(=O)c1c(NC(=O)C(Sc2cccc(NC(=O)c3ccco3)c2)c2ccccc2)sc(C(=O)Nc2ccccc2)c1C. The molecule has 0 saturated carbocycles. The number of thioether (sulfide) groups is 1. The number of nitrogens with one attached hydrogen (secondary N) is 3. The Bertz CT molecular complexity index is 1800. The number of para-hydroxylation sites is 1. The molecule has 5 rings (SSSR count). The van der Waals surface area contributed by atoms with Crippen LogP contribution in [-0.4, -0.2) is 30.3 Å². The lowest BCUT2D eigenvalue weighted by Crippen LogP contribution is -2.20. The maximum absolute atomic E-state index is 14.0. The van der Waals surface area contributed by atoms with E-state index in [0.29, 0.717) is 21.8 Å². The molecule has 0 spiro atoms. The van der Waals surface area contributed by atoms with Gasteiger partial charge >= 0.3 is 5.97 Å². The number of anilines is 3. The summed E-state index contributed by atoms with van der Waals surface area (Å²) in [7, 11) is 0. The molecule has 0 bridgehead atoms. The average Bonchev–Trinajstić information content (AvgIpc) is 3.70. The molecule has 11 heteroatoms. The van der Waals surface area contributed by atoms with Gasteiger partial charge in [-0.25, -0.2) is 4.79 Å². The molecule has 0 aliphatic heterocycles. The van der Waals surface area contributed by atoms with Crippen molar-refractivity contribution in [1.82, 2.24) is 0 Å². The Kier molecular flexibility index (Phi) is 10.1. The van der Waals surface area contributed by atoms with E-state index in [1.165, 1.54) is 18.0 Å². The number of carbonyl (C=O) groups is 4. The van der Waals surface area contributed by atoms with Crippen LogP contribution in [0, 0.1) is 6.92 Å². The Balaban J connectivity index is 1.43. The van der Waals surface area contributed by atoms with E-state index in [4.69, 9.17) is 9.15 Å². The number of furan rings is 1. The highest BCUT2D eigenvalue weighted by molar-refractivity contribution is 8.00. The lowest BCUT2D eigenvalue weighted by molar-refractivity contribution is -0.115. The Morgan fingerprint density at radius 2 is 1.51 bits per heavy atom. The Morgan fingerprint density at radius 1 is 0.822 bits per heavy atom. The number of carbonyl (C=O) groups excluding carboxylic acids is 4. The molecule has 0 aliphatic carbocycles. The fourth-order valence-corrected chi connectivity index (χ4v) is 6.62. The van der Waals surface area contributed by atoms with E-state index in [0.717, 1.165) is 16.9 Å². The molecule has 3 aromatic carbocycles. The minimum Gasteiger partial charge on any atom is -0.462 e. The minimum absolute atomic E-state index is 0.127. The van der Waals surface area contributed by atoms with Crippen molar-refractivity contribution in [1.29, 1.82) is 0 Å². The van der Waals surface area contributed by atoms with Crippen LogP contribution < -0.4 is 16.0 Å². The monoisotopic (exact) mass is 639 g/mol. The van der Waals surface area contributed by atoms with Crippen LogP contribution in [0.2, 0.25) is 0 Å². The van der Waals surface area contributed by atoms with Gasteiger partial charge in [0.05, 0.1) is 23.3 Å². The van der Waals surface area contributed by atoms with E-state index in [1.807, 2.05) is 42.5 Å². The second-order valence-electron chi connectivity index (χ2n) is 9.66. The minimum atomic E-state index is -0.749. The summed E-state index contributed by atoms with van der Waals surface area (Å²) >= 11 is 2.29. The molecule has 45 heavy (non-hydrogen) atoms. The Labute approximate surface area is 268 Å². The van der Waals surface area contributed by atoms with E-state index >= 15 is 0 Å². The molecule has 1 atom stereocenters. The van der Waals surface area contributed by atoms with Crippen molar-refractivity contribution in [3.05, 3.63) is 131 Å². The highest BCUT2D eigenvalue weighted by Crippen LogP contribution is 2.40. The number of amides is 3. The number of thiophene rings is 1. The lowest BCUT2D eigenvalue weighted by atomic mass is 10.1. The Hall–Kier alpha value is -5.13. The second-order valence-corrected chi connectivity index (χ2v) is 11.9. The van der Waals surface area contributed by atoms with E-state index in [9.17, 15) is 19.2 Å². The lowest BCUT2D eigenvalue weighted by Gasteiger charge is -2.18. The number of hydrogen-bond donors (Lipinski definition) is 3. The number of ether oxygens (including phenoxy) is 1.